The smallest absolute Gasteiger partial charge is 0.268 e. The van der Waals surface area contributed by atoms with Crippen molar-refractivity contribution in [2.45, 2.75) is 135 Å². The average molecular weight is 612 g/mol. The molecule has 42 heavy (non-hydrogen) atoms. The van der Waals surface area contributed by atoms with Gasteiger partial charge >= 0.3 is 0 Å². The number of rotatable bonds is 15. The molecule has 0 bridgehead atoms. The van der Waals surface area contributed by atoms with E-state index in [1.807, 2.05) is 13.8 Å². The summed E-state index contributed by atoms with van der Waals surface area (Å²) in [6.45, 7) is 15.1. The molecule has 11 atom stereocenters. The molecule has 4 aliphatic carbocycles. The third-order valence-corrected chi connectivity index (χ3v) is 14.8. The maximum Gasteiger partial charge on any atom is 0.268 e. The van der Waals surface area contributed by atoms with E-state index in [9.17, 15) is 18.1 Å². The van der Waals surface area contributed by atoms with Crippen molar-refractivity contribution in [3.8, 4) is 0 Å². The fourth-order valence-electron chi connectivity index (χ4n) is 10.9. The van der Waals surface area contributed by atoms with Crippen molar-refractivity contribution in [1.29, 1.82) is 0 Å². The maximum atomic E-state index is 12.0. The molecular formula is C34H65N3O4S. The van der Waals surface area contributed by atoms with Crippen molar-refractivity contribution in [2.24, 2.45) is 58.0 Å². The molecule has 7 nitrogen and oxygen atoms in total. The summed E-state index contributed by atoms with van der Waals surface area (Å²) in [5, 5.41) is 18.5. The second-order valence-electron chi connectivity index (χ2n) is 15.9. The van der Waals surface area contributed by atoms with Crippen LogP contribution in [-0.4, -0.2) is 61.7 Å². The highest BCUT2D eigenvalue weighted by Gasteiger charge is 2.62. The molecule has 0 aromatic carbocycles. The van der Waals surface area contributed by atoms with Crippen LogP contribution in [0.3, 0.4) is 0 Å². The number of hydrogen-bond donors (Lipinski definition) is 5. The molecule has 0 saturated heterocycles. The minimum Gasteiger partial charge on any atom is -0.393 e. The van der Waals surface area contributed by atoms with Crippen LogP contribution >= 0.6 is 0 Å². The molecule has 246 valence electrons. The first-order chi connectivity index (χ1) is 19.8. The van der Waals surface area contributed by atoms with Gasteiger partial charge in [-0.3, -0.25) is 4.55 Å². The molecule has 4 saturated carbocycles. The number of fused-ring (bicyclic) bond motifs is 5. The van der Waals surface area contributed by atoms with Crippen LogP contribution < -0.4 is 16.4 Å². The highest BCUT2D eigenvalue weighted by atomic mass is 32.2. The molecule has 0 aliphatic heterocycles. The normalized spacial score (nSPS) is 39.9. The second-order valence-corrected chi connectivity index (χ2v) is 17.5. The Labute approximate surface area is 258 Å². The van der Waals surface area contributed by atoms with E-state index in [1.165, 1.54) is 44.9 Å². The SMILES string of the molecule is CC(C)[C@@H](CC[C@@H](C)[C@H]1CC[C@H]2[C@@H]3[C@H](O)CC4C[C@@H](NCCCNCCCCN)CC[C@]4(C)[C@H]3CC[C@]12C)S(=O)(=O)O. The summed E-state index contributed by atoms with van der Waals surface area (Å²) in [6, 6.07) is 0.576. The quantitative estimate of drug-likeness (QED) is 0.120. The molecule has 0 spiro atoms. The minimum atomic E-state index is -4.02. The van der Waals surface area contributed by atoms with E-state index in [0.29, 0.717) is 53.4 Å². The van der Waals surface area contributed by atoms with Crippen LogP contribution in [0.15, 0.2) is 0 Å². The number of nitrogens with one attached hydrogen (secondary N) is 2. The summed E-state index contributed by atoms with van der Waals surface area (Å²) in [5.41, 5.74) is 6.13. The molecule has 0 aromatic rings. The van der Waals surface area contributed by atoms with Crippen molar-refractivity contribution in [2.75, 3.05) is 26.2 Å². The van der Waals surface area contributed by atoms with E-state index in [-0.39, 0.29) is 17.4 Å². The molecule has 0 heterocycles. The molecule has 0 radical (unpaired) electrons. The Morgan fingerprint density at radius 3 is 2.26 bits per heavy atom. The Balaban J connectivity index is 1.32. The highest BCUT2D eigenvalue weighted by Crippen LogP contribution is 2.68. The average Bonchev–Trinajstić information content (AvgIpc) is 3.27. The molecule has 6 N–H and O–H groups in total. The first kappa shape index (κ1) is 34.6. The van der Waals surface area contributed by atoms with Crippen molar-refractivity contribution < 1.29 is 18.1 Å². The number of nitrogens with two attached hydrogens (primary N) is 1. The first-order valence-electron chi connectivity index (χ1n) is 17.6. The maximum absolute atomic E-state index is 12.0. The molecule has 4 aliphatic rings. The van der Waals surface area contributed by atoms with Gasteiger partial charge < -0.3 is 21.5 Å². The van der Waals surface area contributed by atoms with Gasteiger partial charge in [-0.1, -0.05) is 34.6 Å². The van der Waals surface area contributed by atoms with Gasteiger partial charge in [0.25, 0.3) is 10.1 Å². The van der Waals surface area contributed by atoms with E-state index in [0.717, 1.165) is 58.3 Å². The van der Waals surface area contributed by atoms with Crippen molar-refractivity contribution in [1.82, 2.24) is 10.6 Å². The number of hydrogen-bond acceptors (Lipinski definition) is 6. The second kappa shape index (κ2) is 14.5. The number of aliphatic hydroxyl groups is 1. The van der Waals surface area contributed by atoms with Gasteiger partial charge in [-0.05, 0) is 162 Å². The van der Waals surface area contributed by atoms with Crippen LogP contribution in [0.25, 0.3) is 0 Å². The van der Waals surface area contributed by atoms with E-state index in [2.05, 4.69) is 31.4 Å². The lowest BCUT2D eigenvalue weighted by Gasteiger charge is -2.62. The lowest BCUT2D eigenvalue weighted by molar-refractivity contribution is -0.167. The van der Waals surface area contributed by atoms with Gasteiger partial charge in [-0.2, -0.15) is 8.42 Å². The van der Waals surface area contributed by atoms with Gasteiger partial charge in [0.2, 0.25) is 0 Å². The Morgan fingerprint density at radius 1 is 0.881 bits per heavy atom. The van der Waals surface area contributed by atoms with E-state index < -0.39 is 15.4 Å². The van der Waals surface area contributed by atoms with Gasteiger partial charge in [0.15, 0.2) is 0 Å². The summed E-state index contributed by atoms with van der Waals surface area (Å²) in [6.07, 6.45) is 14.1. The summed E-state index contributed by atoms with van der Waals surface area (Å²) < 4.78 is 33.8. The highest BCUT2D eigenvalue weighted by molar-refractivity contribution is 7.86. The van der Waals surface area contributed by atoms with Crippen LogP contribution in [-0.2, 0) is 10.1 Å². The molecule has 4 fully saturated rings. The first-order valence-corrected chi connectivity index (χ1v) is 19.1. The van der Waals surface area contributed by atoms with E-state index >= 15 is 0 Å². The standard InChI is InChI=1S/C34H65N3O4S/c1-23(2)31(42(39,40)41)12-9-24(3)27-10-11-28-32-29(14-16-34(27,28)5)33(4)15-13-26(21-25(33)22-30(32)38)37-20-8-19-36-18-7-6-17-35/h23-32,36-38H,6-22,35H2,1-5H3,(H,39,40,41)/t24-,25?,26+,27-,28+,29+,30-,31-,32+,33+,34-/m1/s1. The molecule has 1 unspecified atom stereocenters. The van der Waals surface area contributed by atoms with Crippen LogP contribution in [0.2, 0.25) is 0 Å². The van der Waals surface area contributed by atoms with Crippen LogP contribution in [0.1, 0.15) is 118 Å². The molecule has 0 amide bonds. The molecule has 0 aromatic heterocycles. The Morgan fingerprint density at radius 2 is 1.57 bits per heavy atom. The van der Waals surface area contributed by atoms with Crippen molar-refractivity contribution >= 4 is 10.1 Å². The molecule has 4 rings (SSSR count). The lowest BCUT2D eigenvalue weighted by Crippen LogP contribution is -2.59. The van der Waals surface area contributed by atoms with E-state index in [4.69, 9.17) is 5.73 Å². The van der Waals surface area contributed by atoms with Gasteiger partial charge in [0, 0.05) is 6.04 Å². The van der Waals surface area contributed by atoms with Crippen LogP contribution in [0.5, 0.6) is 0 Å². The molecular weight excluding hydrogens is 546 g/mol. The zero-order valence-corrected chi connectivity index (χ0v) is 28.3. The summed E-state index contributed by atoms with van der Waals surface area (Å²) >= 11 is 0. The van der Waals surface area contributed by atoms with E-state index in [1.54, 1.807) is 0 Å². The predicted molar refractivity (Wildman–Crippen MR) is 173 cm³/mol. The summed E-state index contributed by atoms with van der Waals surface area (Å²) in [5.74, 6) is 3.08. The number of aliphatic hydroxyl groups excluding tert-OH is 1. The Bertz CT molecular complexity index is 962. The van der Waals surface area contributed by atoms with Crippen LogP contribution in [0.4, 0.5) is 0 Å². The van der Waals surface area contributed by atoms with Gasteiger partial charge in [-0.15, -0.1) is 0 Å². The minimum absolute atomic E-state index is 0.0838. The summed E-state index contributed by atoms with van der Waals surface area (Å²) in [4.78, 5) is 0. The molecule has 8 heteroatoms. The third kappa shape index (κ3) is 7.41. The van der Waals surface area contributed by atoms with Gasteiger partial charge in [0.05, 0.1) is 11.4 Å². The predicted octanol–water partition coefficient (Wildman–Crippen LogP) is 5.62. The topological polar surface area (TPSA) is 125 Å². The van der Waals surface area contributed by atoms with Crippen molar-refractivity contribution in [3.05, 3.63) is 0 Å². The zero-order chi connectivity index (χ0) is 30.7. The zero-order valence-electron chi connectivity index (χ0n) is 27.5. The Kier molecular flexibility index (Phi) is 11.9. The summed E-state index contributed by atoms with van der Waals surface area (Å²) in [7, 11) is -4.02. The number of unbranched alkanes of at least 4 members (excludes halogenated alkanes) is 1. The fraction of sp³-hybridized carbons (Fsp3) is 1.00. The van der Waals surface area contributed by atoms with Crippen LogP contribution in [0, 0.1) is 52.3 Å². The third-order valence-electron chi connectivity index (χ3n) is 13.2. The van der Waals surface area contributed by atoms with Gasteiger partial charge in [-0.25, -0.2) is 0 Å². The monoisotopic (exact) mass is 611 g/mol. The lowest BCUT2D eigenvalue weighted by atomic mass is 9.43. The fourth-order valence-corrected chi connectivity index (χ4v) is 12.0. The largest absolute Gasteiger partial charge is 0.393 e. The Hall–Kier alpha value is -0.250. The van der Waals surface area contributed by atoms with Crippen molar-refractivity contribution in [3.63, 3.8) is 0 Å². The van der Waals surface area contributed by atoms with Gasteiger partial charge in [0.1, 0.15) is 0 Å².